The maximum atomic E-state index is 5.81. The normalized spacial score (nSPS) is 18.6. The lowest BCUT2D eigenvalue weighted by Gasteiger charge is -2.28. The summed E-state index contributed by atoms with van der Waals surface area (Å²) < 4.78 is 13.3. The number of nitrogens with one attached hydrogen (secondary N) is 1. The molecule has 156 valence electrons. The minimum absolute atomic E-state index is 0.0894. The van der Waals surface area contributed by atoms with Gasteiger partial charge >= 0.3 is 0 Å². The zero-order valence-electron chi connectivity index (χ0n) is 17.6. The van der Waals surface area contributed by atoms with Crippen molar-refractivity contribution < 1.29 is 9.47 Å². The third kappa shape index (κ3) is 3.61. The van der Waals surface area contributed by atoms with Crippen molar-refractivity contribution in [3.63, 3.8) is 0 Å². The molecule has 0 spiro atoms. The average Bonchev–Trinajstić information content (AvgIpc) is 3.38. The first-order valence-electron chi connectivity index (χ1n) is 9.93. The Bertz CT molecular complexity index is 1030. The quantitative estimate of drug-likeness (QED) is 0.583. The molecule has 0 unspecified atom stereocenters. The van der Waals surface area contributed by atoms with Crippen LogP contribution in [0, 0.1) is 0 Å². The Morgan fingerprint density at radius 1 is 1.10 bits per heavy atom. The van der Waals surface area contributed by atoms with E-state index in [1.165, 1.54) is 0 Å². The molecule has 0 amide bonds. The molecule has 1 aliphatic rings. The minimum atomic E-state index is -0.0994. The first kappa shape index (κ1) is 20.2. The summed E-state index contributed by atoms with van der Waals surface area (Å²) in [5.74, 6) is 1.48. The molecule has 0 saturated carbocycles. The van der Waals surface area contributed by atoms with Gasteiger partial charge in [-0.2, -0.15) is 0 Å². The second-order valence-electron chi connectivity index (χ2n) is 7.52. The lowest BCUT2D eigenvalue weighted by Crippen LogP contribution is -2.29. The predicted octanol–water partition coefficient (Wildman–Crippen LogP) is 4.66. The number of thiocarbonyl (C=S) groups is 1. The molecule has 3 aromatic rings. The van der Waals surface area contributed by atoms with E-state index in [4.69, 9.17) is 21.7 Å². The van der Waals surface area contributed by atoms with Gasteiger partial charge in [0, 0.05) is 30.7 Å². The van der Waals surface area contributed by atoms with Crippen molar-refractivity contribution in [2.24, 2.45) is 0 Å². The molecule has 2 aromatic heterocycles. The van der Waals surface area contributed by atoms with E-state index in [-0.39, 0.29) is 12.1 Å². The molecule has 2 atom stereocenters. The first-order valence-corrected chi connectivity index (χ1v) is 10.3. The van der Waals surface area contributed by atoms with Gasteiger partial charge in [-0.15, -0.1) is 0 Å². The molecule has 3 heterocycles. The number of anilines is 1. The monoisotopic (exact) mass is 422 g/mol. The standard InChI is InChI=1S/C23H26N4O2S/c1-15(2)26-12-10-16(14-26)22-21(18-7-5-6-11-24-18)25-23(30)27(22)19-13-17(28-3)8-9-20(19)29-4/h5-15,21-22H,1-4H3,(H,25,30)/t21-,22-/m0/s1. The minimum Gasteiger partial charge on any atom is -0.497 e. The van der Waals surface area contributed by atoms with E-state index < -0.39 is 0 Å². The number of nitrogens with zero attached hydrogens (tertiary/aromatic N) is 3. The highest BCUT2D eigenvalue weighted by molar-refractivity contribution is 7.80. The van der Waals surface area contributed by atoms with E-state index >= 15 is 0 Å². The van der Waals surface area contributed by atoms with E-state index in [9.17, 15) is 0 Å². The molecule has 0 radical (unpaired) electrons. The van der Waals surface area contributed by atoms with Crippen molar-refractivity contribution in [2.75, 3.05) is 19.1 Å². The number of pyridine rings is 1. The number of benzene rings is 1. The second kappa shape index (κ2) is 8.36. The lowest BCUT2D eigenvalue weighted by molar-refractivity contribution is 0.403. The largest absolute Gasteiger partial charge is 0.497 e. The van der Waals surface area contributed by atoms with Crippen LogP contribution in [-0.4, -0.2) is 28.9 Å². The van der Waals surface area contributed by atoms with Crippen molar-refractivity contribution in [3.05, 3.63) is 72.3 Å². The maximum absolute atomic E-state index is 5.81. The van der Waals surface area contributed by atoms with Crippen LogP contribution in [0.1, 0.15) is 43.2 Å². The fraction of sp³-hybridized carbons (Fsp3) is 0.304. The van der Waals surface area contributed by atoms with E-state index in [1.54, 1.807) is 14.2 Å². The Balaban J connectivity index is 1.86. The van der Waals surface area contributed by atoms with E-state index in [0.717, 1.165) is 28.4 Å². The van der Waals surface area contributed by atoms with Gasteiger partial charge in [0.15, 0.2) is 5.11 Å². The molecule has 4 rings (SSSR count). The number of hydrogen-bond donors (Lipinski definition) is 1. The highest BCUT2D eigenvalue weighted by Crippen LogP contribution is 2.45. The fourth-order valence-corrected chi connectivity index (χ4v) is 4.20. The highest BCUT2D eigenvalue weighted by Gasteiger charge is 2.42. The summed E-state index contributed by atoms with van der Waals surface area (Å²) in [7, 11) is 3.32. The molecule has 1 N–H and O–H groups in total. The molecular weight excluding hydrogens is 396 g/mol. The Morgan fingerprint density at radius 3 is 2.57 bits per heavy atom. The zero-order chi connectivity index (χ0) is 21.3. The predicted molar refractivity (Wildman–Crippen MR) is 122 cm³/mol. The zero-order valence-corrected chi connectivity index (χ0v) is 18.4. The number of hydrogen-bond acceptors (Lipinski definition) is 4. The number of aromatic nitrogens is 2. The van der Waals surface area contributed by atoms with Gasteiger partial charge < -0.3 is 24.3 Å². The molecule has 1 saturated heterocycles. The summed E-state index contributed by atoms with van der Waals surface area (Å²) in [5.41, 5.74) is 2.94. The van der Waals surface area contributed by atoms with Crippen LogP contribution in [0.4, 0.5) is 5.69 Å². The van der Waals surface area contributed by atoms with Gasteiger partial charge in [-0.1, -0.05) is 6.07 Å². The van der Waals surface area contributed by atoms with Crippen molar-refractivity contribution in [3.8, 4) is 11.5 Å². The molecule has 0 aliphatic carbocycles. The summed E-state index contributed by atoms with van der Waals surface area (Å²) >= 11 is 5.81. The Hall–Kier alpha value is -3.06. The molecule has 0 bridgehead atoms. The van der Waals surface area contributed by atoms with Crippen LogP contribution >= 0.6 is 12.2 Å². The van der Waals surface area contributed by atoms with E-state index in [0.29, 0.717) is 11.2 Å². The first-order chi connectivity index (χ1) is 14.5. The molecule has 7 heteroatoms. The fourth-order valence-electron chi connectivity index (χ4n) is 3.86. The molecule has 1 fully saturated rings. The number of rotatable bonds is 6. The smallest absolute Gasteiger partial charge is 0.174 e. The lowest BCUT2D eigenvalue weighted by atomic mass is 9.98. The van der Waals surface area contributed by atoms with Crippen LogP contribution in [0.25, 0.3) is 0 Å². The van der Waals surface area contributed by atoms with Crippen molar-refractivity contribution in [1.29, 1.82) is 0 Å². The Morgan fingerprint density at radius 2 is 1.93 bits per heavy atom. The number of methoxy groups -OCH3 is 2. The second-order valence-corrected chi connectivity index (χ2v) is 7.91. The van der Waals surface area contributed by atoms with Gasteiger partial charge in [0.2, 0.25) is 0 Å². The van der Waals surface area contributed by atoms with Gasteiger partial charge in [-0.25, -0.2) is 0 Å². The Kier molecular flexibility index (Phi) is 5.63. The van der Waals surface area contributed by atoms with Crippen molar-refractivity contribution in [2.45, 2.75) is 32.0 Å². The van der Waals surface area contributed by atoms with Crippen LogP contribution in [-0.2, 0) is 0 Å². The SMILES string of the molecule is COc1ccc(OC)c(N2C(=S)N[C@@H](c3ccccn3)[C@@H]2c2ccn(C(C)C)c2)c1. The molecule has 1 aliphatic heterocycles. The molecular formula is C23H26N4O2S. The van der Waals surface area contributed by atoms with Crippen LogP contribution in [0.5, 0.6) is 11.5 Å². The van der Waals surface area contributed by atoms with Crippen LogP contribution in [0.15, 0.2) is 61.1 Å². The van der Waals surface area contributed by atoms with Gasteiger partial charge in [0.25, 0.3) is 0 Å². The van der Waals surface area contributed by atoms with Crippen molar-refractivity contribution >= 4 is 23.0 Å². The molecule has 30 heavy (non-hydrogen) atoms. The topological polar surface area (TPSA) is 51.6 Å². The van der Waals surface area contributed by atoms with Gasteiger partial charge in [0.05, 0.1) is 37.7 Å². The molecule has 1 aromatic carbocycles. The number of ether oxygens (including phenoxy) is 2. The Labute approximate surface area is 182 Å². The van der Waals surface area contributed by atoms with Gasteiger partial charge in [0.1, 0.15) is 11.5 Å². The van der Waals surface area contributed by atoms with Crippen molar-refractivity contribution in [1.82, 2.24) is 14.9 Å². The summed E-state index contributed by atoms with van der Waals surface area (Å²) in [6.07, 6.45) is 6.10. The maximum Gasteiger partial charge on any atom is 0.174 e. The highest BCUT2D eigenvalue weighted by atomic mass is 32.1. The van der Waals surface area contributed by atoms with Crippen LogP contribution in [0.2, 0.25) is 0 Å². The summed E-state index contributed by atoms with van der Waals surface area (Å²) in [6, 6.07) is 14.0. The van der Waals surface area contributed by atoms with Gasteiger partial charge in [-0.3, -0.25) is 4.98 Å². The van der Waals surface area contributed by atoms with Gasteiger partial charge in [-0.05, 0) is 62.0 Å². The van der Waals surface area contributed by atoms with Crippen LogP contribution in [0.3, 0.4) is 0 Å². The summed E-state index contributed by atoms with van der Waals surface area (Å²) in [4.78, 5) is 6.71. The molecule has 6 nitrogen and oxygen atoms in total. The van der Waals surface area contributed by atoms with E-state index in [1.807, 2.05) is 42.6 Å². The summed E-state index contributed by atoms with van der Waals surface area (Å²) in [6.45, 7) is 4.33. The summed E-state index contributed by atoms with van der Waals surface area (Å²) in [5, 5.41) is 4.11. The third-order valence-electron chi connectivity index (χ3n) is 5.42. The average molecular weight is 423 g/mol. The third-order valence-corrected chi connectivity index (χ3v) is 5.73. The van der Waals surface area contributed by atoms with E-state index in [2.05, 4.69) is 52.1 Å². The van der Waals surface area contributed by atoms with Crippen LogP contribution < -0.4 is 19.7 Å².